The molecule has 1 fully saturated rings. The summed E-state index contributed by atoms with van der Waals surface area (Å²) in [6.45, 7) is 7.04. The molecule has 8 nitrogen and oxygen atoms in total. The molecular formula is C34H34N2O6. The second kappa shape index (κ2) is 9.49. The molecule has 2 aromatic carbocycles. The van der Waals surface area contributed by atoms with Crippen molar-refractivity contribution in [1.29, 1.82) is 0 Å². The van der Waals surface area contributed by atoms with Crippen molar-refractivity contribution in [2.24, 2.45) is 23.2 Å². The standard InChI is InChI=1S/C34H34N2O6/c1-6-36(4)28-23-14-20-13-22-24(17(2)12-21(15-37)30(22)40-5)29(38)25(20)27-18(3)34(23,27)32(39)26-31(28)42-35-33(26)41-16-19-10-8-7-9-11-19/h7-12,15,18,20,23,28H,6,13-14,16H2,1-5H3. The summed E-state index contributed by atoms with van der Waals surface area (Å²) in [6, 6.07) is 11.3. The van der Waals surface area contributed by atoms with Gasteiger partial charge in [-0.2, -0.15) is 0 Å². The Morgan fingerprint density at radius 2 is 1.95 bits per heavy atom. The maximum atomic E-state index is 14.6. The Morgan fingerprint density at radius 1 is 1.19 bits per heavy atom. The zero-order valence-corrected chi connectivity index (χ0v) is 24.5. The summed E-state index contributed by atoms with van der Waals surface area (Å²) in [4.78, 5) is 43.0. The Morgan fingerprint density at radius 3 is 2.64 bits per heavy atom. The zero-order chi connectivity index (χ0) is 29.5. The number of fused-ring (bicyclic) bond motifs is 3. The lowest BCUT2D eigenvalue weighted by molar-refractivity contribution is 0.0465. The second-order valence-electron chi connectivity index (χ2n) is 12.1. The van der Waals surface area contributed by atoms with Gasteiger partial charge in [0.05, 0.1) is 24.1 Å². The van der Waals surface area contributed by atoms with Gasteiger partial charge in [-0.05, 0) is 79.0 Å². The van der Waals surface area contributed by atoms with Crippen LogP contribution in [0.25, 0.3) is 0 Å². The van der Waals surface area contributed by atoms with E-state index in [0.717, 1.165) is 40.7 Å². The summed E-state index contributed by atoms with van der Waals surface area (Å²) >= 11 is 0. The number of Topliss-reactive ketones (excluding diaryl/α,β-unsaturated/α-hetero) is 2. The molecule has 1 saturated carbocycles. The van der Waals surface area contributed by atoms with Crippen LogP contribution < -0.4 is 9.47 Å². The van der Waals surface area contributed by atoms with Crippen molar-refractivity contribution in [2.75, 3.05) is 20.7 Å². The van der Waals surface area contributed by atoms with E-state index in [9.17, 15) is 14.4 Å². The van der Waals surface area contributed by atoms with Gasteiger partial charge in [0.1, 0.15) is 17.9 Å². The highest BCUT2D eigenvalue weighted by Gasteiger charge is 2.75. The molecule has 0 radical (unpaired) electrons. The van der Waals surface area contributed by atoms with E-state index in [2.05, 4.69) is 23.9 Å². The number of carbonyl (C=O) groups excluding carboxylic acids is 3. The summed E-state index contributed by atoms with van der Waals surface area (Å²) in [6.07, 6.45) is 2.01. The van der Waals surface area contributed by atoms with Crippen LogP contribution in [0.5, 0.6) is 11.6 Å². The van der Waals surface area contributed by atoms with E-state index in [1.165, 1.54) is 0 Å². The Kier molecular flexibility index (Phi) is 6.06. The average Bonchev–Trinajstić information content (AvgIpc) is 3.39. The van der Waals surface area contributed by atoms with Gasteiger partial charge in [-0.15, -0.1) is 0 Å². The second-order valence-corrected chi connectivity index (χ2v) is 12.1. The first-order valence-corrected chi connectivity index (χ1v) is 14.7. The molecule has 0 amide bonds. The normalized spacial score (nSPS) is 27.1. The van der Waals surface area contributed by atoms with Gasteiger partial charge in [0.15, 0.2) is 23.6 Å². The van der Waals surface area contributed by atoms with Crippen molar-refractivity contribution in [3.8, 4) is 11.6 Å². The first-order chi connectivity index (χ1) is 20.3. The number of aromatic nitrogens is 1. The number of nitrogens with zero attached hydrogens (tertiary/aromatic N) is 2. The fraction of sp³-hybridized carbons (Fsp3) is 0.412. The Balaban J connectivity index is 1.37. The van der Waals surface area contributed by atoms with E-state index < -0.39 is 5.41 Å². The molecule has 7 rings (SSSR count). The van der Waals surface area contributed by atoms with Gasteiger partial charge in [-0.25, -0.2) is 0 Å². The lowest BCUT2D eigenvalue weighted by Crippen LogP contribution is -2.47. The van der Waals surface area contributed by atoms with Gasteiger partial charge in [0, 0.05) is 16.7 Å². The molecule has 5 atom stereocenters. The largest absolute Gasteiger partial charge is 0.496 e. The summed E-state index contributed by atoms with van der Waals surface area (Å²) in [5.41, 5.74) is 4.91. The first-order valence-electron chi connectivity index (χ1n) is 14.7. The molecule has 0 saturated heterocycles. The van der Waals surface area contributed by atoms with Gasteiger partial charge in [0.25, 0.3) is 5.88 Å². The van der Waals surface area contributed by atoms with Gasteiger partial charge in [0.2, 0.25) is 0 Å². The minimum atomic E-state index is -0.794. The van der Waals surface area contributed by atoms with Crippen molar-refractivity contribution in [2.45, 2.75) is 46.3 Å². The van der Waals surface area contributed by atoms with Gasteiger partial charge in [-0.1, -0.05) is 44.2 Å². The van der Waals surface area contributed by atoms with Crippen LogP contribution in [0.1, 0.15) is 79.8 Å². The van der Waals surface area contributed by atoms with E-state index in [1.54, 1.807) is 13.2 Å². The van der Waals surface area contributed by atoms with E-state index >= 15 is 0 Å². The maximum Gasteiger partial charge on any atom is 0.265 e. The summed E-state index contributed by atoms with van der Waals surface area (Å²) < 4.78 is 17.7. The molecule has 4 aliphatic carbocycles. The molecule has 1 heterocycles. The number of aldehydes is 1. The van der Waals surface area contributed by atoms with Gasteiger partial charge >= 0.3 is 0 Å². The topological polar surface area (TPSA) is 98.9 Å². The van der Waals surface area contributed by atoms with Crippen LogP contribution in [0.15, 0.2) is 52.1 Å². The molecule has 5 unspecified atom stereocenters. The quantitative estimate of drug-likeness (QED) is 0.342. The van der Waals surface area contributed by atoms with Crippen molar-refractivity contribution in [3.05, 3.63) is 86.7 Å². The summed E-state index contributed by atoms with van der Waals surface area (Å²) in [5.74, 6) is 0.877. The molecule has 4 aliphatic rings. The fourth-order valence-electron chi connectivity index (χ4n) is 8.40. The zero-order valence-electron chi connectivity index (χ0n) is 24.5. The number of ether oxygens (including phenoxy) is 2. The van der Waals surface area contributed by atoms with Crippen LogP contribution in [0, 0.1) is 30.1 Å². The molecular weight excluding hydrogens is 532 g/mol. The highest BCUT2D eigenvalue weighted by Crippen LogP contribution is 2.75. The summed E-state index contributed by atoms with van der Waals surface area (Å²) in [5, 5.41) is 4.28. The third kappa shape index (κ3) is 3.38. The molecule has 8 heteroatoms. The maximum absolute atomic E-state index is 14.6. The predicted molar refractivity (Wildman–Crippen MR) is 154 cm³/mol. The lowest BCUT2D eigenvalue weighted by Gasteiger charge is -2.45. The molecule has 3 aromatic rings. The number of hydrogen-bond acceptors (Lipinski definition) is 8. The van der Waals surface area contributed by atoms with Gasteiger partial charge in [-0.3, -0.25) is 19.3 Å². The van der Waals surface area contributed by atoms with Crippen LogP contribution in [0.3, 0.4) is 0 Å². The van der Waals surface area contributed by atoms with Crippen molar-refractivity contribution < 1.29 is 28.4 Å². The average molecular weight is 567 g/mol. The number of aryl methyl sites for hydroxylation is 1. The lowest BCUT2D eigenvalue weighted by atomic mass is 9.60. The number of hydrogen-bond donors (Lipinski definition) is 0. The fourth-order valence-corrected chi connectivity index (χ4v) is 8.40. The minimum Gasteiger partial charge on any atom is -0.496 e. The van der Waals surface area contributed by atoms with Crippen LogP contribution in [0.2, 0.25) is 0 Å². The van der Waals surface area contributed by atoms with Crippen LogP contribution in [-0.4, -0.2) is 48.6 Å². The monoisotopic (exact) mass is 566 g/mol. The third-order valence-electron chi connectivity index (χ3n) is 10.3. The minimum absolute atomic E-state index is 0.0449. The van der Waals surface area contributed by atoms with E-state index in [4.69, 9.17) is 14.0 Å². The highest BCUT2D eigenvalue weighted by molar-refractivity contribution is 6.18. The molecule has 0 N–H and O–H groups in total. The summed E-state index contributed by atoms with van der Waals surface area (Å²) in [7, 11) is 3.58. The first kappa shape index (κ1) is 26.8. The Hall–Kier alpha value is -4.04. The smallest absolute Gasteiger partial charge is 0.265 e. The molecule has 1 aromatic heterocycles. The number of allylic oxidation sites excluding steroid dienone is 2. The Bertz CT molecular complexity index is 1690. The molecule has 0 bridgehead atoms. The number of methoxy groups -OCH3 is 1. The highest BCUT2D eigenvalue weighted by atomic mass is 16.5. The van der Waals surface area contributed by atoms with Gasteiger partial charge < -0.3 is 14.0 Å². The molecule has 216 valence electrons. The number of ketones is 2. The third-order valence-corrected chi connectivity index (χ3v) is 10.3. The molecule has 42 heavy (non-hydrogen) atoms. The van der Waals surface area contributed by atoms with E-state index in [0.29, 0.717) is 41.0 Å². The van der Waals surface area contributed by atoms with Crippen molar-refractivity contribution in [1.82, 2.24) is 10.1 Å². The predicted octanol–water partition coefficient (Wildman–Crippen LogP) is 5.58. The van der Waals surface area contributed by atoms with Crippen LogP contribution in [-0.2, 0) is 13.0 Å². The molecule has 1 spiro atoms. The number of rotatable bonds is 7. The van der Waals surface area contributed by atoms with E-state index in [1.807, 2.05) is 44.3 Å². The number of benzene rings is 2. The Labute approximate surface area is 244 Å². The van der Waals surface area contributed by atoms with E-state index in [-0.39, 0.29) is 47.8 Å². The SMILES string of the molecule is CCN(C)C1c2onc(OCc3ccccc3)c2C(=O)C23C(=C4C(=O)c5c(C)cc(C=O)c(OC)c5CC4CC12)C3C. The van der Waals surface area contributed by atoms with Crippen molar-refractivity contribution >= 4 is 17.9 Å². The van der Waals surface area contributed by atoms with Crippen LogP contribution >= 0.6 is 0 Å². The van der Waals surface area contributed by atoms with Crippen molar-refractivity contribution in [3.63, 3.8) is 0 Å². The number of carbonyl (C=O) groups is 3. The van der Waals surface area contributed by atoms with Crippen LogP contribution in [0.4, 0.5) is 0 Å². The molecule has 0 aliphatic heterocycles.